The third-order valence-electron chi connectivity index (χ3n) is 16.4. The number of nitrogen functional groups attached to an aromatic ring is 1. The Hall–Kier alpha value is -12.3. The third kappa shape index (κ3) is 15.3. The number of methoxy groups -OCH3 is 6. The predicted molar refractivity (Wildman–Crippen MR) is 396 cm³/mol. The predicted octanol–water partition coefficient (Wildman–Crippen LogP) is 15.2. The van der Waals surface area contributed by atoms with Crippen molar-refractivity contribution in [1.82, 2.24) is 28.7 Å². The van der Waals surface area contributed by atoms with Crippen LogP contribution in [0.25, 0.3) is 66.1 Å². The topological polar surface area (TPSA) is 340 Å². The maximum atomic E-state index is 13.5. The van der Waals surface area contributed by atoms with Crippen LogP contribution >= 0.6 is 34.8 Å². The monoisotopic (exact) mass is 1440 g/mol. The Morgan fingerprint density at radius 3 is 1.12 bits per heavy atom. The highest BCUT2D eigenvalue weighted by Crippen LogP contribution is 2.46. The van der Waals surface area contributed by atoms with Crippen molar-refractivity contribution in [2.45, 2.75) is 20.8 Å². The molecule has 6 aromatic carbocycles. The zero-order chi connectivity index (χ0) is 74.1. The molecule has 12 rings (SSSR count). The normalized spacial score (nSPS) is 10.7. The highest BCUT2D eigenvalue weighted by molar-refractivity contribution is 6.41. The molecular formula is C72H65Cl3N12O15. The van der Waals surface area contributed by atoms with Crippen LogP contribution in [0.2, 0.25) is 15.2 Å². The summed E-state index contributed by atoms with van der Waals surface area (Å²) >= 11 is 19.2. The van der Waals surface area contributed by atoms with Crippen molar-refractivity contribution < 1.29 is 43.2 Å². The van der Waals surface area contributed by atoms with Gasteiger partial charge in [-0.2, -0.15) is 0 Å². The van der Waals surface area contributed by atoms with Crippen LogP contribution in [0.3, 0.4) is 0 Å². The van der Waals surface area contributed by atoms with Gasteiger partial charge in [0.2, 0.25) is 0 Å². The minimum absolute atomic E-state index is 0.0394. The van der Waals surface area contributed by atoms with Crippen LogP contribution in [0.1, 0.15) is 16.7 Å². The quantitative estimate of drug-likeness (QED) is 0.0350. The SMILES string of the molecule is COc1cc(OC)c(Cl)c(-c2cc3cnc(Nc4ccccc4[N+](=O)[O-])c(C)c3n(C)c2=O)c1Cl.COc1cc(OC)cc(-c2cc3cnc(Cl)c(C)c3n(C)c2=O)c1.COc1cc(OC)cc(-c2cc3cnc(Nc4ccccc4[N+](=O)[O-])c(C)c3n(C)c2=O)c1.Nc1ccccc1[N+](=O)[O-]. The van der Waals surface area contributed by atoms with Crippen LogP contribution in [0, 0.1) is 51.1 Å². The van der Waals surface area contributed by atoms with E-state index in [-0.39, 0.29) is 66.3 Å². The number of halogens is 3. The van der Waals surface area contributed by atoms with Gasteiger partial charge in [0.1, 0.15) is 68.3 Å². The van der Waals surface area contributed by atoms with E-state index in [0.29, 0.717) is 101 Å². The van der Waals surface area contributed by atoms with Gasteiger partial charge in [-0.05, 0) is 92.6 Å². The number of nitrogens with one attached hydrogen (secondary N) is 2. The Balaban J connectivity index is 0.000000168. The van der Waals surface area contributed by atoms with E-state index in [1.54, 1.807) is 187 Å². The molecule has 0 radical (unpaired) electrons. The van der Waals surface area contributed by atoms with Gasteiger partial charge >= 0.3 is 0 Å². The molecule has 102 heavy (non-hydrogen) atoms. The van der Waals surface area contributed by atoms with E-state index in [0.717, 1.165) is 27.4 Å². The molecule has 0 spiro atoms. The van der Waals surface area contributed by atoms with Gasteiger partial charge in [-0.15, -0.1) is 0 Å². The summed E-state index contributed by atoms with van der Waals surface area (Å²) in [5, 5.41) is 41.9. The molecule has 0 aliphatic heterocycles. The fourth-order valence-corrected chi connectivity index (χ4v) is 12.1. The van der Waals surface area contributed by atoms with E-state index < -0.39 is 14.8 Å². The standard InChI is InChI=1S/C24H20Cl2N4O5.C24H22N4O5.C18H17ClN2O3.C6H6N2O2/c1-12-22-13(11-27-23(12)28-15-7-5-6-8-16(15)30(32)33)9-14(24(31)29(22)2)19-20(25)17(34-3)10-18(35-4)21(19)26;1-14-22-16(13-25-23(14)26-20-7-5-6-8-21(20)28(30)31)11-19(24(29)27(22)2)15-9-17(32-3)12-18(10-15)33-4;1-10-16-12(9-20-17(10)19)7-15(18(22)21(16)2)11-5-13(23-3)8-14(6-11)24-4;7-5-3-1-2-4-6(5)8(9)10/h5-11H,1-4H3,(H,27,28);5-13H,1-4H3,(H,25,26);5-9H,1-4H3;1-4H,7H2. The van der Waals surface area contributed by atoms with E-state index in [1.165, 1.54) is 43.1 Å². The van der Waals surface area contributed by atoms with Gasteiger partial charge in [0, 0.05) is 126 Å². The van der Waals surface area contributed by atoms with Crippen molar-refractivity contribution in [2.24, 2.45) is 21.1 Å². The van der Waals surface area contributed by atoms with Gasteiger partial charge in [-0.1, -0.05) is 71.2 Å². The van der Waals surface area contributed by atoms with Crippen LogP contribution < -0.4 is 61.5 Å². The van der Waals surface area contributed by atoms with Crippen molar-refractivity contribution in [3.05, 3.63) is 245 Å². The van der Waals surface area contributed by atoms with E-state index in [1.807, 2.05) is 19.9 Å². The van der Waals surface area contributed by atoms with Gasteiger partial charge in [0.15, 0.2) is 0 Å². The molecule has 524 valence electrons. The number of nitrogens with zero attached hydrogens (tertiary/aromatic N) is 9. The largest absolute Gasteiger partial charge is 0.497 e. The molecule has 0 amide bonds. The molecule has 0 saturated carbocycles. The Morgan fingerprint density at radius 1 is 0.431 bits per heavy atom. The van der Waals surface area contributed by atoms with Crippen molar-refractivity contribution in [3.63, 3.8) is 0 Å². The van der Waals surface area contributed by atoms with Gasteiger partial charge < -0.3 is 58.5 Å². The first-order chi connectivity index (χ1) is 48.7. The Labute approximate surface area is 596 Å². The molecule has 0 unspecified atom stereocenters. The summed E-state index contributed by atoms with van der Waals surface area (Å²) in [5.41, 5.74) is 12.3. The molecule has 0 aliphatic rings. The molecule has 0 aliphatic carbocycles. The second kappa shape index (κ2) is 31.7. The fourth-order valence-electron chi connectivity index (χ4n) is 11.3. The van der Waals surface area contributed by atoms with Gasteiger partial charge in [-0.25, -0.2) is 15.0 Å². The molecular weight excluding hydrogens is 1380 g/mol. The van der Waals surface area contributed by atoms with Crippen LogP contribution in [-0.4, -0.2) is 86.1 Å². The molecule has 30 heteroatoms. The molecule has 0 atom stereocenters. The summed E-state index contributed by atoms with van der Waals surface area (Å²) in [7, 11) is 14.2. The number of fused-ring (bicyclic) bond motifs is 3. The number of para-hydroxylation sites is 6. The number of ether oxygens (including phenoxy) is 6. The van der Waals surface area contributed by atoms with E-state index in [4.69, 9.17) is 69.0 Å². The fraction of sp³-hybridized carbons (Fsp3) is 0.167. The average molecular weight is 1440 g/mol. The van der Waals surface area contributed by atoms with Gasteiger partial charge in [0.25, 0.3) is 33.7 Å². The summed E-state index contributed by atoms with van der Waals surface area (Å²) in [5.74, 6) is 3.83. The lowest BCUT2D eigenvalue weighted by atomic mass is 10.0. The number of nitro benzene ring substituents is 3. The van der Waals surface area contributed by atoms with Crippen molar-refractivity contribution in [1.29, 1.82) is 0 Å². The highest BCUT2D eigenvalue weighted by Gasteiger charge is 2.25. The number of hydrogen-bond donors (Lipinski definition) is 3. The zero-order valence-corrected chi connectivity index (χ0v) is 59.1. The van der Waals surface area contributed by atoms with Crippen molar-refractivity contribution >= 4 is 113 Å². The second-order valence-electron chi connectivity index (χ2n) is 22.4. The molecule has 4 N–H and O–H groups in total. The number of rotatable bonds is 16. The number of aromatic nitrogens is 6. The molecule has 12 aromatic rings. The maximum absolute atomic E-state index is 13.5. The lowest BCUT2D eigenvalue weighted by molar-refractivity contribution is -0.384. The summed E-state index contributed by atoms with van der Waals surface area (Å²) < 4.78 is 36.5. The number of nitro groups is 3. The lowest BCUT2D eigenvalue weighted by Crippen LogP contribution is -2.20. The molecule has 0 saturated heterocycles. The summed E-state index contributed by atoms with van der Waals surface area (Å²) in [6.07, 6.45) is 4.88. The summed E-state index contributed by atoms with van der Waals surface area (Å²) in [6, 6.07) is 36.2. The maximum Gasteiger partial charge on any atom is 0.292 e. The Bertz CT molecular complexity index is 5420. The number of anilines is 5. The average Bonchev–Trinajstić information content (AvgIpc) is 0.761. The van der Waals surface area contributed by atoms with Crippen molar-refractivity contribution in [3.8, 4) is 67.9 Å². The second-order valence-corrected chi connectivity index (χ2v) is 23.5. The Morgan fingerprint density at radius 2 is 0.765 bits per heavy atom. The summed E-state index contributed by atoms with van der Waals surface area (Å²) in [4.78, 5) is 84.2. The third-order valence-corrected chi connectivity index (χ3v) is 17.5. The van der Waals surface area contributed by atoms with Gasteiger partial charge in [0.05, 0.1) is 89.6 Å². The molecule has 6 heterocycles. The molecule has 0 fully saturated rings. The van der Waals surface area contributed by atoms with Crippen LogP contribution in [0.4, 0.5) is 45.8 Å². The minimum Gasteiger partial charge on any atom is -0.497 e. The number of pyridine rings is 6. The van der Waals surface area contributed by atoms with E-state index in [2.05, 4.69) is 25.6 Å². The minimum atomic E-state index is -0.505. The van der Waals surface area contributed by atoms with Crippen molar-refractivity contribution in [2.75, 3.05) is 59.0 Å². The first kappa shape index (κ1) is 73.9. The first-order valence-corrected chi connectivity index (χ1v) is 31.5. The van der Waals surface area contributed by atoms with Gasteiger partial charge in [-0.3, -0.25) is 44.7 Å². The summed E-state index contributed by atoms with van der Waals surface area (Å²) in [6.45, 7) is 5.45. The molecule has 0 bridgehead atoms. The van der Waals surface area contributed by atoms with Crippen LogP contribution in [0.15, 0.2) is 166 Å². The Kier molecular flexibility index (Phi) is 23.0. The first-order valence-electron chi connectivity index (χ1n) is 30.4. The zero-order valence-electron chi connectivity index (χ0n) is 56.8. The lowest BCUT2D eigenvalue weighted by Gasteiger charge is -2.17. The number of nitrogens with two attached hydrogens (primary N) is 1. The van der Waals surface area contributed by atoms with E-state index >= 15 is 0 Å². The molecule has 6 aromatic heterocycles. The van der Waals surface area contributed by atoms with Crippen LogP contribution in [-0.2, 0) is 21.1 Å². The molecule has 27 nitrogen and oxygen atoms in total. The highest BCUT2D eigenvalue weighted by atomic mass is 35.5. The van der Waals surface area contributed by atoms with Crippen LogP contribution in [0.5, 0.6) is 34.5 Å². The number of aryl methyl sites for hydroxylation is 6. The smallest absolute Gasteiger partial charge is 0.292 e. The number of benzene rings is 6. The number of hydrogen-bond acceptors (Lipinski definition) is 21. The van der Waals surface area contributed by atoms with E-state index in [9.17, 15) is 44.7 Å².